The van der Waals surface area contributed by atoms with E-state index in [-0.39, 0.29) is 0 Å². The number of nitrogens with one attached hydrogen (secondary N) is 1. The number of imidazole rings is 1. The molecule has 0 aromatic carbocycles. The van der Waals surface area contributed by atoms with E-state index in [2.05, 4.69) is 50.8 Å². The van der Waals surface area contributed by atoms with E-state index in [1.807, 2.05) is 0 Å². The maximum atomic E-state index is 3.67. The largest absolute Gasteiger partial charge is 0.351 e. The van der Waals surface area contributed by atoms with Crippen molar-refractivity contribution < 1.29 is 4.48 Å². The molecule has 1 aromatic heterocycles. The number of nitrogens with zero attached hydrogens (tertiary/aromatic N) is 2. The van der Waals surface area contributed by atoms with Crippen LogP contribution in [0.3, 0.4) is 0 Å². The van der Waals surface area contributed by atoms with E-state index in [1.54, 1.807) is 18.7 Å². The Hall–Kier alpha value is -1.09. The molecule has 0 spiro atoms. The fourth-order valence-corrected chi connectivity index (χ4v) is 2.86. The van der Waals surface area contributed by atoms with Crippen molar-refractivity contribution in [3.05, 3.63) is 31.9 Å². The van der Waals surface area contributed by atoms with Crippen molar-refractivity contribution in [3.63, 3.8) is 0 Å². The lowest BCUT2D eigenvalue weighted by atomic mass is 10.1. The third kappa shape index (κ3) is 14.5. The highest BCUT2D eigenvalue weighted by atomic mass is 15.3. The van der Waals surface area contributed by atoms with E-state index in [9.17, 15) is 0 Å². The van der Waals surface area contributed by atoms with Gasteiger partial charge in [0.05, 0.1) is 32.5 Å². The third-order valence-electron chi connectivity index (χ3n) is 4.35. The van der Waals surface area contributed by atoms with E-state index in [0.717, 1.165) is 0 Å². The smallest absolute Gasteiger partial charge is 0.0919 e. The Morgan fingerprint density at radius 2 is 1.12 bits per heavy atom. The first-order valence-electron chi connectivity index (χ1n) is 10.0. The van der Waals surface area contributed by atoms with Crippen LogP contribution in [-0.2, 0) is 0 Å². The summed E-state index contributed by atoms with van der Waals surface area (Å²) in [6.45, 7) is 21.0. The van der Waals surface area contributed by atoms with E-state index < -0.39 is 0 Å². The third-order valence-corrected chi connectivity index (χ3v) is 4.35. The highest BCUT2D eigenvalue weighted by Gasteiger charge is 2.24. The number of aromatic nitrogens is 2. The monoisotopic (exact) mass is 338 g/mol. The summed E-state index contributed by atoms with van der Waals surface area (Å²) < 4.78 is 1.42. The lowest BCUT2D eigenvalue weighted by Gasteiger charge is -2.39. The van der Waals surface area contributed by atoms with Crippen LogP contribution in [0.2, 0.25) is 0 Å². The van der Waals surface area contributed by atoms with Gasteiger partial charge in [-0.2, -0.15) is 0 Å². The van der Waals surface area contributed by atoms with Gasteiger partial charge in [-0.15, -0.1) is 13.2 Å². The van der Waals surface area contributed by atoms with Gasteiger partial charge >= 0.3 is 0 Å². The first-order valence-corrected chi connectivity index (χ1v) is 10.0. The molecule has 0 saturated heterocycles. The molecule has 0 unspecified atom stereocenters. The van der Waals surface area contributed by atoms with Gasteiger partial charge < -0.3 is 9.47 Å². The van der Waals surface area contributed by atoms with Gasteiger partial charge in [0.15, 0.2) is 0 Å². The van der Waals surface area contributed by atoms with Gasteiger partial charge in [0.25, 0.3) is 0 Å². The minimum absolute atomic E-state index is 1.35. The fourth-order valence-electron chi connectivity index (χ4n) is 2.86. The fraction of sp³-hybridized carbons (Fsp3) is 0.762. The van der Waals surface area contributed by atoms with Crippen molar-refractivity contribution >= 4 is 0 Å². The van der Waals surface area contributed by atoms with Crippen LogP contribution in [0.1, 0.15) is 79.1 Å². The Labute approximate surface area is 152 Å². The summed E-state index contributed by atoms with van der Waals surface area (Å²) in [5.74, 6) is 0. The normalized spacial score (nSPS) is 10.3. The summed E-state index contributed by atoms with van der Waals surface area (Å²) in [6.07, 6.45) is 16.1. The van der Waals surface area contributed by atoms with E-state index in [4.69, 9.17) is 0 Å². The lowest BCUT2D eigenvalue weighted by Crippen LogP contribution is -2.50. The Morgan fingerprint density at radius 3 is 1.29 bits per heavy atom. The molecule has 0 atom stereocenters. The molecule has 0 radical (unpaired) electrons. The van der Waals surface area contributed by atoms with Crippen LogP contribution in [0.5, 0.6) is 0 Å². The quantitative estimate of drug-likeness (QED) is 0.356. The molecular formula is C21H44N3+. The highest BCUT2D eigenvalue weighted by molar-refractivity contribution is 4.64. The van der Waals surface area contributed by atoms with Crippen LogP contribution in [0.15, 0.2) is 31.9 Å². The summed E-state index contributed by atoms with van der Waals surface area (Å²) in [4.78, 5) is 6.42. The highest BCUT2D eigenvalue weighted by Crippen LogP contribution is 2.16. The summed E-state index contributed by atoms with van der Waals surface area (Å²) in [7, 11) is 0. The second-order valence-electron chi connectivity index (χ2n) is 6.41. The molecule has 3 heteroatoms. The second-order valence-corrected chi connectivity index (χ2v) is 6.41. The molecule has 1 rings (SSSR count). The molecule has 0 bridgehead atoms. The number of aromatic amines is 1. The number of hydrogen-bond acceptors (Lipinski definition) is 1. The predicted molar refractivity (Wildman–Crippen MR) is 109 cm³/mol. The zero-order valence-corrected chi connectivity index (χ0v) is 17.0. The second kappa shape index (κ2) is 20.0. The Kier molecular flexibility index (Phi) is 20.9. The van der Waals surface area contributed by atoms with Crippen molar-refractivity contribution in [2.75, 3.05) is 26.2 Å². The molecule has 0 aliphatic heterocycles. The van der Waals surface area contributed by atoms with Crippen LogP contribution in [0, 0.1) is 0 Å². The molecule has 0 amide bonds. The first kappa shape index (κ1) is 25.2. The molecule has 0 saturated carbocycles. The van der Waals surface area contributed by atoms with Gasteiger partial charge in [0.1, 0.15) is 0 Å². The summed E-state index contributed by atoms with van der Waals surface area (Å²) in [6, 6.07) is 0. The Morgan fingerprint density at radius 1 is 0.750 bits per heavy atom. The molecule has 0 aliphatic carbocycles. The number of hydrogen-bond donors (Lipinski definition) is 1. The zero-order valence-electron chi connectivity index (χ0n) is 17.0. The lowest BCUT2D eigenvalue weighted by molar-refractivity contribution is -0.929. The topological polar surface area (TPSA) is 28.7 Å². The maximum absolute atomic E-state index is 3.67. The minimum Gasteiger partial charge on any atom is -0.351 e. The SMILES string of the molecule is C=C.CCCC[N+](CCCC)(CCCC)CCCC.c1c[nH]cn1. The molecule has 142 valence electrons. The molecule has 1 aromatic rings. The van der Waals surface area contributed by atoms with Crippen molar-refractivity contribution in [1.82, 2.24) is 9.97 Å². The van der Waals surface area contributed by atoms with Gasteiger partial charge in [0.2, 0.25) is 0 Å². The van der Waals surface area contributed by atoms with E-state index in [0.29, 0.717) is 0 Å². The number of rotatable bonds is 12. The molecular weight excluding hydrogens is 294 g/mol. The maximum Gasteiger partial charge on any atom is 0.0919 e. The molecule has 0 aliphatic rings. The van der Waals surface area contributed by atoms with Crippen LogP contribution < -0.4 is 0 Å². The number of quaternary nitrogens is 1. The van der Waals surface area contributed by atoms with Gasteiger partial charge in [0, 0.05) is 12.4 Å². The van der Waals surface area contributed by atoms with E-state index >= 15 is 0 Å². The van der Waals surface area contributed by atoms with E-state index in [1.165, 1.54) is 82.0 Å². The summed E-state index contributed by atoms with van der Waals surface area (Å²) in [5, 5.41) is 0. The number of H-pyrrole nitrogens is 1. The number of unbranched alkanes of at least 4 members (excludes halogenated alkanes) is 4. The van der Waals surface area contributed by atoms with Crippen molar-refractivity contribution in [3.8, 4) is 0 Å². The standard InChI is InChI=1S/C16H36N.C3H4N2.C2H4/c1-5-9-13-17(14-10-6-2,15-11-7-3)16-12-8-4;1-2-5-3-4-1;1-2/h5-16H2,1-4H3;1-3H,(H,4,5);1-2H2/q+1;;. The van der Waals surface area contributed by atoms with Crippen LogP contribution >= 0.6 is 0 Å². The molecule has 3 nitrogen and oxygen atoms in total. The minimum atomic E-state index is 1.35. The van der Waals surface area contributed by atoms with Crippen LogP contribution in [-0.4, -0.2) is 40.6 Å². The Balaban J connectivity index is 0. The summed E-state index contributed by atoms with van der Waals surface area (Å²) >= 11 is 0. The first-order chi connectivity index (χ1) is 11.7. The van der Waals surface area contributed by atoms with Crippen molar-refractivity contribution in [2.45, 2.75) is 79.1 Å². The van der Waals surface area contributed by atoms with Crippen LogP contribution in [0.4, 0.5) is 0 Å². The Bertz CT molecular complexity index is 254. The zero-order chi connectivity index (χ0) is 18.5. The molecule has 1 heterocycles. The van der Waals surface area contributed by atoms with Gasteiger partial charge in [-0.1, -0.05) is 53.4 Å². The van der Waals surface area contributed by atoms with Gasteiger partial charge in [-0.05, 0) is 25.7 Å². The van der Waals surface area contributed by atoms with Gasteiger partial charge in [-0.3, -0.25) is 0 Å². The average Bonchev–Trinajstić information content (AvgIpc) is 3.22. The molecule has 1 N–H and O–H groups in total. The van der Waals surface area contributed by atoms with Gasteiger partial charge in [-0.25, -0.2) is 4.98 Å². The average molecular weight is 339 g/mol. The van der Waals surface area contributed by atoms with Crippen molar-refractivity contribution in [2.24, 2.45) is 0 Å². The molecule has 0 fully saturated rings. The predicted octanol–water partition coefficient (Wildman–Crippen LogP) is 6.22. The van der Waals surface area contributed by atoms with Crippen LogP contribution in [0.25, 0.3) is 0 Å². The molecule has 24 heavy (non-hydrogen) atoms. The summed E-state index contributed by atoms with van der Waals surface area (Å²) in [5.41, 5.74) is 0. The van der Waals surface area contributed by atoms with Crippen molar-refractivity contribution in [1.29, 1.82) is 0 Å².